The molecule has 2 aromatic heterocycles. The van der Waals surface area contributed by atoms with Gasteiger partial charge >= 0.3 is 0 Å². The zero-order valence-corrected chi connectivity index (χ0v) is 14.1. The monoisotopic (exact) mass is 356 g/mol. The first-order chi connectivity index (χ1) is 10.1. The number of thiazole rings is 1. The predicted molar refractivity (Wildman–Crippen MR) is 93.2 cm³/mol. The molecule has 0 bridgehead atoms. The maximum atomic E-state index is 4.78. The second kappa shape index (κ2) is 4.68. The highest BCUT2D eigenvalue weighted by Crippen LogP contribution is 2.31. The Morgan fingerprint density at radius 1 is 1.10 bits per heavy atom. The molecule has 0 N–H and O–H groups in total. The molecular weight excluding hydrogens is 344 g/mol. The van der Waals surface area contributed by atoms with E-state index in [1.165, 1.54) is 21.3 Å². The van der Waals surface area contributed by atoms with Crippen LogP contribution in [0.2, 0.25) is 0 Å². The highest BCUT2D eigenvalue weighted by atomic mass is 79.9. The van der Waals surface area contributed by atoms with Gasteiger partial charge < -0.3 is 0 Å². The van der Waals surface area contributed by atoms with Crippen LogP contribution in [0.4, 0.5) is 0 Å². The molecule has 0 amide bonds. The van der Waals surface area contributed by atoms with Gasteiger partial charge in [-0.3, -0.25) is 4.40 Å². The Morgan fingerprint density at radius 3 is 2.71 bits per heavy atom. The fourth-order valence-electron chi connectivity index (χ4n) is 2.54. The van der Waals surface area contributed by atoms with Gasteiger partial charge in [-0.2, -0.15) is 0 Å². The molecule has 0 unspecified atom stereocenters. The molecule has 0 saturated carbocycles. The number of halogens is 1. The van der Waals surface area contributed by atoms with Gasteiger partial charge in [0.15, 0.2) is 4.96 Å². The summed E-state index contributed by atoms with van der Waals surface area (Å²) >= 11 is 5.26. The number of aromatic nitrogens is 2. The first-order valence-corrected chi connectivity index (χ1v) is 8.37. The smallest absolute Gasteiger partial charge is 0.195 e. The second-order valence-electron chi connectivity index (χ2n) is 5.30. The predicted octanol–water partition coefficient (Wildman–Crippen LogP) is 5.60. The molecule has 0 aliphatic carbocycles. The van der Waals surface area contributed by atoms with Crippen LogP contribution < -0.4 is 0 Å². The lowest BCUT2D eigenvalue weighted by atomic mass is 10.1. The number of hydrogen-bond acceptors (Lipinski definition) is 2. The molecule has 0 radical (unpaired) electrons. The topological polar surface area (TPSA) is 17.3 Å². The zero-order valence-electron chi connectivity index (χ0n) is 11.7. The van der Waals surface area contributed by atoms with Crippen molar-refractivity contribution >= 4 is 42.4 Å². The van der Waals surface area contributed by atoms with E-state index >= 15 is 0 Å². The van der Waals surface area contributed by atoms with Crippen molar-refractivity contribution < 1.29 is 0 Å². The fourth-order valence-corrected chi connectivity index (χ4v) is 4.02. The second-order valence-corrected chi connectivity index (χ2v) is 7.22. The molecule has 4 heteroatoms. The summed E-state index contributed by atoms with van der Waals surface area (Å²) in [7, 11) is 0. The number of imidazole rings is 1. The van der Waals surface area contributed by atoms with Crippen LogP contribution in [0.3, 0.4) is 0 Å². The van der Waals surface area contributed by atoms with Gasteiger partial charge in [0.05, 0.1) is 15.9 Å². The minimum Gasteiger partial charge on any atom is -0.290 e. The van der Waals surface area contributed by atoms with Crippen LogP contribution in [0.1, 0.15) is 11.1 Å². The highest BCUT2D eigenvalue weighted by molar-refractivity contribution is 9.10. The maximum Gasteiger partial charge on any atom is 0.195 e. The van der Waals surface area contributed by atoms with E-state index in [-0.39, 0.29) is 0 Å². The number of rotatable bonds is 1. The van der Waals surface area contributed by atoms with Crippen LogP contribution in [-0.4, -0.2) is 9.38 Å². The summed E-state index contributed by atoms with van der Waals surface area (Å²) in [4.78, 5) is 5.83. The zero-order chi connectivity index (χ0) is 14.6. The number of fused-ring (bicyclic) bond motifs is 3. The van der Waals surface area contributed by atoms with E-state index in [1.807, 2.05) is 12.1 Å². The van der Waals surface area contributed by atoms with Gasteiger partial charge in [-0.05, 0) is 49.2 Å². The van der Waals surface area contributed by atoms with Crippen molar-refractivity contribution in [2.45, 2.75) is 13.8 Å². The minimum absolute atomic E-state index is 1.02. The van der Waals surface area contributed by atoms with Crippen molar-refractivity contribution in [3.8, 4) is 11.3 Å². The van der Waals surface area contributed by atoms with Gasteiger partial charge in [-0.15, -0.1) is 0 Å². The normalized spacial score (nSPS) is 11.6. The van der Waals surface area contributed by atoms with Gasteiger partial charge in [0.1, 0.15) is 0 Å². The molecule has 2 aromatic carbocycles. The van der Waals surface area contributed by atoms with Crippen molar-refractivity contribution in [1.82, 2.24) is 9.38 Å². The Kier molecular flexibility index (Phi) is 2.91. The Labute approximate surface area is 135 Å². The summed E-state index contributed by atoms with van der Waals surface area (Å²) in [6, 6.07) is 12.8. The third-order valence-corrected chi connectivity index (χ3v) is 5.34. The molecule has 4 aromatic rings. The molecule has 2 heterocycles. The largest absolute Gasteiger partial charge is 0.290 e. The maximum absolute atomic E-state index is 4.78. The lowest BCUT2D eigenvalue weighted by Crippen LogP contribution is -1.83. The van der Waals surface area contributed by atoms with E-state index in [0.717, 1.165) is 20.7 Å². The van der Waals surface area contributed by atoms with E-state index in [9.17, 15) is 0 Å². The van der Waals surface area contributed by atoms with Gasteiger partial charge in [0, 0.05) is 16.2 Å². The quantitative estimate of drug-likeness (QED) is 0.434. The van der Waals surface area contributed by atoms with E-state index in [2.05, 4.69) is 64.6 Å². The van der Waals surface area contributed by atoms with Crippen molar-refractivity contribution in [2.24, 2.45) is 0 Å². The average molecular weight is 357 g/mol. The Morgan fingerprint density at radius 2 is 1.90 bits per heavy atom. The third-order valence-electron chi connectivity index (χ3n) is 3.83. The Bertz CT molecular complexity index is 981. The minimum atomic E-state index is 1.02. The van der Waals surface area contributed by atoms with Crippen molar-refractivity contribution in [3.05, 3.63) is 58.2 Å². The first-order valence-electron chi connectivity index (χ1n) is 6.76. The van der Waals surface area contributed by atoms with E-state index in [1.54, 1.807) is 11.3 Å². The lowest BCUT2D eigenvalue weighted by molar-refractivity contribution is 1.28. The molecule has 0 atom stereocenters. The van der Waals surface area contributed by atoms with Crippen molar-refractivity contribution in [1.29, 1.82) is 0 Å². The molecule has 0 saturated heterocycles. The van der Waals surface area contributed by atoms with E-state index in [4.69, 9.17) is 4.98 Å². The number of benzene rings is 2. The fraction of sp³-hybridized carbons (Fsp3) is 0.118. The van der Waals surface area contributed by atoms with Crippen LogP contribution in [-0.2, 0) is 0 Å². The lowest BCUT2D eigenvalue weighted by Gasteiger charge is -2.00. The van der Waals surface area contributed by atoms with Gasteiger partial charge in [-0.25, -0.2) is 4.98 Å². The molecule has 0 aliphatic heterocycles. The summed E-state index contributed by atoms with van der Waals surface area (Å²) in [5, 5.41) is 0. The van der Waals surface area contributed by atoms with Crippen LogP contribution in [0.25, 0.3) is 26.4 Å². The SMILES string of the molecule is Cc1cc2sc3nc(-c4cccc(Br)c4)cn3c2cc1C. The Hall–Kier alpha value is -1.65. The molecule has 4 rings (SSSR count). The number of nitrogens with zero attached hydrogens (tertiary/aromatic N) is 2. The molecule has 0 fully saturated rings. The molecular formula is C17H13BrN2S. The van der Waals surface area contributed by atoms with E-state index < -0.39 is 0 Å². The van der Waals surface area contributed by atoms with Crippen LogP contribution in [0.15, 0.2) is 47.1 Å². The number of aryl methyl sites for hydroxylation is 2. The molecule has 104 valence electrons. The summed E-state index contributed by atoms with van der Waals surface area (Å²) in [5.74, 6) is 0. The molecule has 0 spiro atoms. The first kappa shape index (κ1) is 13.0. The average Bonchev–Trinajstić information content (AvgIpc) is 2.98. The summed E-state index contributed by atoms with van der Waals surface area (Å²) < 4.78 is 4.57. The summed E-state index contributed by atoms with van der Waals surface area (Å²) in [5.41, 5.74) is 6.05. The molecule has 2 nitrogen and oxygen atoms in total. The molecule has 0 aliphatic rings. The van der Waals surface area contributed by atoms with Crippen LogP contribution in [0, 0.1) is 13.8 Å². The summed E-state index contributed by atoms with van der Waals surface area (Å²) in [6.07, 6.45) is 2.13. The van der Waals surface area contributed by atoms with Crippen LogP contribution in [0.5, 0.6) is 0 Å². The van der Waals surface area contributed by atoms with Gasteiger partial charge in [-0.1, -0.05) is 39.4 Å². The third kappa shape index (κ3) is 2.10. The molecule has 21 heavy (non-hydrogen) atoms. The summed E-state index contributed by atoms with van der Waals surface area (Å²) in [6.45, 7) is 4.31. The van der Waals surface area contributed by atoms with Crippen molar-refractivity contribution in [3.63, 3.8) is 0 Å². The van der Waals surface area contributed by atoms with Gasteiger partial charge in [0.2, 0.25) is 0 Å². The standard InChI is InChI=1S/C17H13BrN2S/c1-10-6-15-16(7-11(10)2)21-17-19-14(9-20(15)17)12-4-3-5-13(18)8-12/h3-9H,1-2H3. The van der Waals surface area contributed by atoms with E-state index in [0.29, 0.717) is 0 Å². The highest BCUT2D eigenvalue weighted by Gasteiger charge is 2.11. The number of hydrogen-bond donors (Lipinski definition) is 0. The Balaban J connectivity index is 1.97. The van der Waals surface area contributed by atoms with Crippen LogP contribution >= 0.6 is 27.3 Å². The van der Waals surface area contributed by atoms with Crippen molar-refractivity contribution in [2.75, 3.05) is 0 Å². The van der Waals surface area contributed by atoms with Gasteiger partial charge in [0.25, 0.3) is 0 Å².